The third kappa shape index (κ3) is 4.78. The number of carbonyl (C=O) groups is 1. The van der Waals surface area contributed by atoms with E-state index in [4.69, 9.17) is 16.3 Å². The molecular weight excluding hydrogens is 472 g/mol. The topological polar surface area (TPSA) is 101 Å². The molecule has 0 saturated carbocycles. The number of sulfonamides is 1. The van der Waals surface area contributed by atoms with Gasteiger partial charge in [0.1, 0.15) is 10.8 Å². The molecule has 2 aromatic carbocycles. The number of halogens is 1. The van der Waals surface area contributed by atoms with Crippen molar-refractivity contribution in [3.63, 3.8) is 0 Å². The molecule has 0 radical (unpaired) electrons. The van der Waals surface area contributed by atoms with Crippen LogP contribution in [0.15, 0.2) is 53.4 Å². The lowest BCUT2D eigenvalue weighted by atomic mass is 10.2. The number of amides is 1. The van der Waals surface area contributed by atoms with Gasteiger partial charge >= 0.3 is 0 Å². The summed E-state index contributed by atoms with van der Waals surface area (Å²) in [4.78, 5) is 12.7. The van der Waals surface area contributed by atoms with Crippen molar-refractivity contribution in [2.24, 2.45) is 0 Å². The first-order valence-corrected chi connectivity index (χ1v) is 12.7. The van der Waals surface area contributed by atoms with Gasteiger partial charge in [0.05, 0.1) is 17.5 Å². The van der Waals surface area contributed by atoms with E-state index in [2.05, 4.69) is 15.5 Å². The number of aromatic nitrogens is 2. The highest BCUT2D eigenvalue weighted by molar-refractivity contribution is 7.89. The zero-order valence-corrected chi connectivity index (χ0v) is 19.6. The average molecular weight is 493 g/mol. The summed E-state index contributed by atoms with van der Waals surface area (Å²) >= 11 is 6.96. The van der Waals surface area contributed by atoms with Gasteiger partial charge in [0, 0.05) is 17.3 Å². The maximum Gasteiger partial charge on any atom is 0.286 e. The maximum atomic E-state index is 13.2. The van der Waals surface area contributed by atoms with Crippen LogP contribution in [0.5, 0.6) is 5.75 Å². The molecule has 1 unspecified atom stereocenters. The number of nitrogens with zero attached hydrogens (tertiary/aromatic N) is 3. The smallest absolute Gasteiger partial charge is 0.286 e. The van der Waals surface area contributed by atoms with E-state index < -0.39 is 22.0 Å². The minimum atomic E-state index is -3.73. The fraction of sp³-hybridized carbons (Fsp3) is 0.286. The number of hydrogen-bond donors (Lipinski definition) is 1. The summed E-state index contributed by atoms with van der Waals surface area (Å²) in [6, 6.07) is 12.6. The molecular formula is C21H21ClN4O4S2. The van der Waals surface area contributed by atoms with E-state index in [1.807, 2.05) is 6.92 Å². The third-order valence-corrected chi connectivity index (χ3v) is 8.16. The fourth-order valence-corrected chi connectivity index (χ4v) is 6.20. The van der Waals surface area contributed by atoms with Gasteiger partial charge in [-0.25, -0.2) is 8.42 Å². The predicted octanol–water partition coefficient (Wildman–Crippen LogP) is 4.37. The van der Waals surface area contributed by atoms with Crippen LogP contribution in [-0.4, -0.2) is 42.0 Å². The molecule has 0 bridgehead atoms. The molecule has 1 aliphatic rings. The molecule has 0 spiro atoms. The van der Waals surface area contributed by atoms with Crippen LogP contribution in [-0.2, 0) is 10.0 Å². The van der Waals surface area contributed by atoms with Crippen LogP contribution in [0.2, 0.25) is 5.02 Å². The first-order chi connectivity index (χ1) is 15.4. The van der Waals surface area contributed by atoms with E-state index in [-0.39, 0.29) is 9.90 Å². The first kappa shape index (κ1) is 22.7. The second-order valence-corrected chi connectivity index (χ2v) is 10.4. The summed E-state index contributed by atoms with van der Waals surface area (Å²) in [6.45, 7) is 2.75. The Bertz CT molecular complexity index is 1200. The van der Waals surface area contributed by atoms with E-state index in [1.54, 1.807) is 48.5 Å². The molecule has 1 atom stereocenters. The van der Waals surface area contributed by atoms with Crippen LogP contribution in [0.25, 0.3) is 0 Å². The normalized spacial score (nSPS) is 16.8. The first-order valence-electron chi connectivity index (χ1n) is 10.0. The molecule has 1 fully saturated rings. The zero-order chi connectivity index (χ0) is 22.7. The van der Waals surface area contributed by atoms with Gasteiger partial charge in [0.15, 0.2) is 0 Å². The number of ether oxygens (including phenoxy) is 1. The lowest BCUT2D eigenvalue weighted by molar-refractivity contribution is 0.102. The number of benzene rings is 2. The Balaban J connectivity index is 1.51. The van der Waals surface area contributed by atoms with Gasteiger partial charge in [-0.3, -0.25) is 4.79 Å². The SMILES string of the molecule is CCOc1ccc(S(=O)(=O)N2CCCC2c2nnc(C(=O)Nc3ccc(Cl)cc3)s2)cc1. The fourth-order valence-electron chi connectivity index (χ4n) is 3.46. The monoisotopic (exact) mass is 492 g/mol. The third-order valence-electron chi connectivity index (χ3n) is 4.97. The van der Waals surface area contributed by atoms with E-state index in [0.717, 1.165) is 11.3 Å². The molecule has 3 aromatic rings. The molecule has 32 heavy (non-hydrogen) atoms. The minimum Gasteiger partial charge on any atom is -0.494 e. The van der Waals surface area contributed by atoms with Crippen molar-refractivity contribution in [1.29, 1.82) is 0 Å². The van der Waals surface area contributed by atoms with Crippen LogP contribution >= 0.6 is 22.9 Å². The largest absolute Gasteiger partial charge is 0.494 e. The summed E-state index contributed by atoms with van der Waals surface area (Å²) in [5.41, 5.74) is 0.580. The van der Waals surface area contributed by atoms with E-state index in [9.17, 15) is 13.2 Å². The summed E-state index contributed by atoms with van der Waals surface area (Å²) < 4.78 is 33.3. The van der Waals surface area contributed by atoms with Crippen molar-refractivity contribution in [3.8, 4) is 5.75 Å². The highest BCUT2D eigenvalue weighted by Crippen LogP contribution is 2.38. The zero-order valence-electron chi connectivity index (χ0n) is 17.2. The lowest BCUT2D eigenvalue weighted by Gasteiger charge is -2.22. The minimum absolute atomic E-state index is 0.167. The van der Waals surface area contributed by atoms with Crippen molar-refractivity contribution in [3.05, 3.63) is 63.6 Å². The maximum absolute atomic E-state index is 13.2. The number of carbonyl (C=O) groups excluding carboxylic acids is 1. The highest BCUT2D eigenvalue weighted by atomic mass is 35.5. The van der Waals surface area contributed by atoms with Gasteiger partial charge in [-0.15, -0.1) is 10.2 Å². The summed E-state index contributed by atoms with van der Waals surface area (Å²) in [6.07, 6.45) is 1.32. The molecule has 2 heterocycles. The molecule has 1 amide bonds. The quantitative estimate of drug-likeness (QED) is 0.525. The Labute approximate surface area is 195 Å². The number of nitrogens with one attached hydrogen (secondary N) is 1. The van der Waals surface area contributed by atoms with Crippen molar-refractivity contribution in [2.75, 3.05) is 18.5 Å². The Hall–Kier alpha value is -2.53. The Morgan fingerprint density at radius 1 is 1.19 bits per heavy atom. The molecule has 1 aromatic heterocycles. The highest BCUT2D eigenvalue weighted by Gasteiger charge is 2.38. The molecule has 1 aliphatic heterocycles. The molecule has 8 nitrogen and oxygen atoms in total. The van der Waals surface area contributed by atoms with E-state index >= 15 is 0 Å². The van der Waals surface area contributed by atoms with Gasteiger partial charge in [0.25, 0.3) is 5.91 Å². The van der Waals surface area contributed by atoms with Gasteiger partial charge in [-0.2, -0.15) is 4.31 Å². The van der Waals surface area contributed by atoms with Crippen LogP contribution in [0.3, 0.4) is 0 Å². The molecule has 0 aliphatic carbocycles. The lowest BCUT2D eigenvalue weighted by Crippen LogP contribution is -2.30. The second kappa shape index (κ2) is 9.53. The van der Waals surface area contributed by atoms with Gasteiger partial charge in [-0.1, -0.05) is 22.9 Å². The van der Waals surface area contributed by atoms with Crippen molar-refractivity contribution in [2.45, 2.75) is 30.7 Å². The Morgan fingerprint density at radius 2 is 1.91 bits per heavy atom. The van der Waals surface area contributed by atoms with Crippen LogP contribution in [0.1, 0.15) is 40.6 Å². The van der Waals surface area contributed by atoms with Crippen molar-refractivity contribution < 1.29 is 17.9 Å². The summed E-state index contributed by atoms with van der Waals surface area (Å²) in [5.74, 6) is 0.208. The summed E-state index contributed by atoms with van der Waals surface area (Å²) in [7, 11) is -3.73. The second-order valence-electron chi connectivity index (χ2n) is 7.08. The molecule has 168 valence electrons. The Morgan fingerprint density at radius 3 is 2.59 bits per heavy atom. The van der Waals surface area contributed by atoms with Crippen LogP contribution < -0.4 is 10.1 Å². The molecule has 1 N–H and O–H groups in total. The van der Waals surface area contributed by atoms with E-state index in [0.29, 0.717) is 47.5 Å². The van der Waals surface area contributed by atoms with Gasteiger partial charge in [0.2, 0.25) is 15.0 Å². The van der Waals surface area contributed by atoms with Gasteiger partial charge in [-0.05, 0) is 68.3 Å². The Kier molecular flexibility index (Phi) is 6.75. The number of anilines is 1. The van der Waals surface area contributed by atoms with Gasteiger partial charge < -0.3 is 10.1 Å². The molecule has 11 heteroatoms. The van der Waals surface area contributed by atoms with Crippen LogP contribution in [0, 0.1) is 0 Å². The standard InChI is InChI=1S/C21H21ClN4O4S2/c1-2-30-16-9-11-17(12-10-16)32(28,29)26-13-3-4-18(26)20-24-25-21(31-20)19(27)23-15-7-5-14(22)6-8-15/h5-12,18H,2-4,13H2,1H3,(H,23,27). The van der Waals surface area contributed by atoms with Crippen LogP contribution in [0.4, 0.5) is 5.69 Å². The predicted molar refractivity (Wildman–Crippen MR) is 123 cm³/mol. The summed E-state index contributed by atoms with van der Waals surface area (Å²) in [5, 5.41) is 12.1. The van der Waals surface area contributed by atoms with E-state index in [1.165, 1.54) is 4.31 Å². The number of hydrogen-bond acceptors (Lipinski definition) is 7. The molecule has 4 rings (SSSR count). The van der Waals surface area contributed by atoms with Crippen molar-refractivity contribution in [1.82, 2.24) is 14.5 Å². The average Bonchev–Trinajstić information content (AvgIpc) is 3.46. The van der Waals surface area contributed by atoms with Crippen molar-refractivity contribution >= 4 is 44.6 Å². The number of rotatable bonds is 7. The molecule has 1 saturated heterocycles.